The van der Waals surface area contributed by atoms with Gasteiger partial charge in [-0.1, -0.05) is 20.8 Å². The molecule has 0 aliphatic rings. The van der Waals surface area contributed by atoms with Gasteiger partial charge in [-0.2, -0.15) is 5.10 Å². The Labute approximate surface area is 101 Å². The zero-order valence-electron chi connectivity index (χ0n) is 9.99. The molecule has 1 rings (SSSR count). The number of aromatic nitrogens is 2. The van der Waals surface area contributed by atoms with Crippen molar-refractivity contribution in [1.82, 2.24) is 9.78 Å². The molecule has 0 bridgehead atoms. The Kier molecular flexibility index (Phi) is 3.69. The van der Waals surface area contributed by atoms with Gasteiger partial charge in [0.05, 0.1) is 11.4 Å². The predicted molar refractivity (Wildman–Crippen MR) is 65.3 cm³/mol. The van der Waals surface area contributed by atoms with Gasteiger partial charge in [0.15, 0.2) is 0 Å². The van der Waals surface area contributed by atoms with Crippen molar-refractivity contribution in [3.05, 3.63) is 17.5 Å². The van der Waals surface area contributed by atoms with Crippen molar-refractivity contribution in [2.45, 2.75) is 32.6 Å². The molecule has 0 aliphatic carbocycles. The van der Waals surface area contributed by atoms with E-state index in [-0.39, 0.29) is 11.2 Å². The van der Waals surface area contributed by atoms with Crippen molar-refractivity contribution in [1.29, 1.82) is 0 Å². The molecule has 1 aromatic rings. The van der Waals surface area contributed by atoms with Crippen LogP contribution in [0, 0.1) is 0 Å². The lowest BCUT2D eigenvalue weighted by Crippen LogP contribution is -2.12. The van der Waals surface area contributed by atoms with E-state index in [0.717, 1.165) is 11.4 Å². The molecule has 4 nitrogen and oxygen atoms in total. The van der Waals surface area contributed by atoms with Gasteiger partial charge in [0.2, 0.25) is 9.05 Å². The minimum Gasteiger partial charge on any atom is -0.272 e. The molecule has 0 saturated carbocycles. The maximum atomic E-state index is 10.9. The molecule has 0 fully saturated rings. The van der Waals surface area contributed by atoms with Gasteiger partial charge >= 0.3 is 0 Å². The third-order valence-corrected chi connectivity index (χ3v) is 3.50. The highest BCUT2D eigenvalue weighted by atomic mass is 35.7. The monoisotopic (exact) mass is 264 g/mol. The van der Waals surface area contributed by atoms with Gasteiger partial charge in [0, 0.05) is 35.3 Å². The molecule has 0 unspecified atom stereocenters. The molecule has 1 aromatic heterocycles. The van der Waals surface area contributed by atoms with Crippen molar-refractivity contribution < 1.29 is 8.42 Å². The summed E-state index contributed by atoms with van der Waals surface area (Å²) in [6, 6.07) is 1.93. The molecule has 6 heteroatoms. The summed E-state index contributed by atoms with van der Waals surface area (Å²) < 4.78 is 23.4. The zero-order valence-corrected chi connectivity index (χ0v) is 11.6. The molecule has 0 aliphatic heterocycles. The van der Waals surface area contributed by atoms with Crippen LogP contribution in [0.1, 0.15) is 32.2 Å². The molecule has 0 N–H and O–H groups in total. The quantitative estimate of drug-likeness (QED) is 0.783. The van der Waals surface area contributed by atoms with E-state index in [4.69, 9.17) is 10.7 Å². The number of aryl methyl sites for hydroxylation is 2. The molecule has 0 saturated heterocycles. The zero-order chi connectivity index (χ0) is 12.6. The Morgan fingerprint density at radius 2 is 2.00 bits per heavy atom. The van der Waals surface area contributed by atoms with Crippen LogP contribution in [-0.2, 0) is 27.9 Å². The Morgan fingerprint density at radius 3 is 2.38 bits per heavy atom. The largest absolute Gasteiger partial charge is 0.272 e. The normalized spacial score (nSPS) is 13.1. The summed E-state index contributed by atoms with van der Waals surface area (Å²) in [7, 11) is 3.55. The number of hydrogen-bond donors (Lipinski definition) is 0. The van der Waals surface area contributed by atoms with E-state index in [2.05, 4.69) is 25.9 Å². The summed E-state index contributed by atoms with van der Waals surface area (Å²) in [5.41, 5.74) is 1.81. The standard InChI is InChI=1S/C10H17ClN2O2S/c1-10(2,3)9-7-8(13(4)12-9)5-6-16(11,14)15/h7H,5-6H2,1-4H3. The van der Waals surface area contributed by atoms with Gasteiger partial charge in [-0.25, -0.2) is 8.42 Å². The minimum absolute atomic E-state index is 0.0319. The maximum absolute atomic E-state index is 10.9. The van der Waals surface area contributed by atoms with Crippen LogP contribution < -0.4 is 0 Å². The third-order valence-electron chi connectivity index (χ3n) is 2.35. The number of nitrogens with zero attached hydrogens (tertiary/aromatic N) is 2. The molecule has 0 radical (unpaired) electrons. The van der Waals surface area contributed by atoms with E-state index in [1.165, 1.54) is 0 Å². The summed E-state index contributed by atoms with van der Waals surface area (Å²) in [6.07, 6.45) is 0.394. The fraction of sp³-hybridized carbons (Fsp3) is 0.700. The highest BCUT2D eigenvalue weighted by molar-refractivity contribution is 8.13. The second-order valence-corrected chi connectivity index (χ2v) is 7.78. The number of halogens is 1. The maximum Gasteiger partial charge on any atom is 0.232 e. The first-order valence-electron chi connectivity index (χ1n) is 5.05. The van der Waals surface area contributed by atoms with Gasteiger partial charge in [0.1, 0.15) is 0 Å². The Balaban J connectivity index is 2.87. The average molecular weight is 265 g/mol. The Morgan fingerprint density at radius 1 is 1.44 bits per heavy atom. The SMILES string of the molecule is Cn1nc(C(C)(C)C)cc1CCS(=O)(=O)Cl. The van der Waals surface area contributed by atoms with Crippen LogP contribution in [0.25, 0.3) is 0 Å². The Hall–Kier alpha value is -0.550. The van der Waals surface area contributed by atoms with Gasteiger partial charge in [-0.15, -0.1) is 0 Å². The van der Waals surface area contributed by atoms with Crippen LogP contribution in [0.2, 0.25) is 0 Å². The Bertz CT molecular complexity index is 471. The van der Waals surface area contributed by atoms with E-state index in [9.17, 15) is 8.42 Å². The second-order valence-electron chi connectivity index (χ2n) is 4.89. The van der Waals surface area contributed by atoms with Crippen molar-refractivity contribution in [2.24, 2.45) is 7.05 Å². The van der Waals surface area contributed by atoms with E-state index in [1.807, 2.05) is 13.1 Å². The molecule has 92 valence electrons. The first-order valence-corrected chi connectivity index (χ1v) is 7.53. The summed E-state index contributed by atoms with van der Waals surface area (Å²) in [4.78, 5) is 0. The van der Waals surface area contributed by atoms with Crippen LogP contribution in [-0.4, -0.2) is 24.0 Å². The summed E-state index contributed by atoms with van der Waals surface area (Å²) in [5.74, 6) is -0.0579. The summed E-state index contributed by atoms with van der Waals surface area (Å²) >= 11 is 0. The van der Waals surface area contributed by atoms with Gasteiger partial charge in [-0.3, -0.25) is 4.68 Å². The highest BCUT2D eigenvalue weighted by Gasteiger charge is 2.19. The lowest BCUT2D eigenvalue weighted by molar-refractivity contribution is 0.551. The van der Waals surface area contributed by atoms with Crippen LogP contribution in [0.15, 0.2) is 6.07 Å². The lowest BCUT2D eigenvalue weighted by atomic mass is 9.92. The predicted octanol–water partition coefficient (Wildman–Crippen LogP) is 1.83. The molecular weight excluding hydrogens is 248 g/mol. The fourth-order valence-corrected chi connectivity index (χ4v) is 2.02. The number of hydrogen-bond acceptors (Lipinski definition) is 3. The molecule has 0 amide bonds. The third kappa shape index (κ3) is 3.79. The summed E-state index contributed by atoms with van der Waals surface area (Å²) in [5, 5.41) is 4.36. The molecule has 0 atom stereocenters. The first kappa shape index (κ1) is 13.5. The average Bonchev–Trinajstić information content (AvgIpc) is 2.41. The van der Waals surface area contributed by atoms with Gasteiger partial charge < -0.3 is 0 Å². The highest BCUT2D eigenvalue weighted by Crippen LogP contribution is 2.21. The van der Waals surface area contributed by atoms with E-state index in [1.54, 1.807) is 4.68 Å². The first-order chi connectivity index (χ1) is 7.09. The van der Waals surface area contributed by atoms with Crippen molar-refractivity contribution in [3.8, 4) is 0 Å². The van der Waals surface area contributed by atoms with E-state index < -0.39 is 9.05 Å². The van der Waals surface area contributed by atoms with Gasteiger partial charge in [0.25, 0.3) is 0 Å². The molecule has 0 aromatic carbocycles. The molecule has 0 spiro atoms. The smallest absolute Gasteiger partial charge is 0.232 e. The fourth-order valence-electron chi connectivity index (χ4n) is 1.33. The van der Waals surface area contributed by atoms with Crippen molar-refractivity contribution in [2.75, 3.05) is 5.75 Å². The van der Waals surface area contributed by atoms with Crippen molar-refractivity contribution in [3.63, 3.8) is 0 Å². The van der Waals surface area contributed by atoms with E-state index in [0.29, 0.717) is 6.42 Å². The second kappa shape index (κ2) is 4.37. The van der Waals surface area contributed by atoms with Crippen LogP contribution in [0.5, 0.6) is 0 Å². The van der Waals surface area contributed by atoms with Crippen LogP contribution in [0.3, 0.4) is 0 Å². The molecular formula is C10H17ClN2O2S. The van der Waals surface area contributed by atoms with E-state index >= 15 is 0 Å². The molecule has 1 heterocycles. The van der Waals surface area contributed by atoms with Crippen molar-refractivity contribution >= 4 is 19.7 Å². The number of rotatable bonds is 3. The topological polar surface area (TPSA) is 52.0 Å². The molecule has 16 heavy (non-hydrogen) atoms. The minimum atomic E-state index is -3.43. The lowest BCUT2D eigenvalue weighted by Gasteiger charge is -2.13. The summed E-state index contributed by atoms with van der Waals surface area (Å²) in [6.45, 7) is 6.20. The van der Waals surface area contributed by atoms with Crippen LogP contribution in [0.4, 0.5) is 0 Å². The van der Waals surface area contributed by atoms with Crippen LogP contribution >= 0.6 is 10.7 Å². The van der Waals surface area contributed by atoms with Gasteiger partial charge in [-0.05, 0) is 6.07 Å².